The maximum absolute atomic E-state index is 10.4. The zero-order valence-corrected chi connectivity index (χ0v) is 17.6. The normalized spacial score (nSPS) is 14.9. The highest BCUT2D eigenvalue weighted by atomic mass is 16.3. The van der Waals surface area contributed by atoms with Crippen molar-refractivity contribution in [1.82, 2.24) is 24.4 Å². The smallest absolute Gasteiger partial charge is 0.152 e. The van der Waals surface area contributed by atoms with Gasteiger partial charge in [-0.3, -0.25) is 9.47 Å². The van der Waals surface area contributed by atoms with Gasteiger partial charge in [-0.25, -0.2) is 15.0 Å². The van der Waals surface area contributed by atoms with Crippen molar-refractivity contribution in [1.29, 1.82) is 0 Å². The number of pyridine rings is 1. The zero-order valence-electron chi connectivity index (χ0n) is 17.6. The lowest BCUT2D eigenvalue weighted by atomic mass is 10.1. The second-order valence-corrected chi connectivity index (χ2v) is 8.26. The molecule has 0 saturated carbocycles. The van der Waals surface area contributed by atoms with Crippen molar-refractivity contribution in [2.75, 3.05) is 18.8 Å². The highest BCUT2D eigenvalue weighted by Crippen LogP contribution is 2.37. The van der Waals surface area contributed by atoms with Crippen LogP contribution in [0.1, 0.15) is 35.2 Å². The number of aromatic hydroxyl groups is 1. The van der Waals surface area contributed by atoms with Gasteiger partial charge in [0.1, 0.15) is 23.5 Å². The summed E-state index contributed by atoms with van der Waals surface area (Å²) in [4.78, 5) is 16.3. The van der Waals surface area contributed by atoms with Gasteiger partial charge >= 0.3 is 0 Å². The molecule has 154 valence electrons. The van der Waals surface area contributed by atoms with E-state index in [2.05, 4.69) is 27.9 Å². The molecule has 0 bridgehead atoms. The maximum Gasteiger partial charge on any atom is 0.152 e. The first-order valence-electron chi connectivity index (χ1n) is 10.4. The van der Waals surface area contributed by atoms with Crippen molar-refractivity contribution in [2.45, 2.75) is 40.2 Å². The summed E-state index contributed by atoms with van der Waals surface area (Å²) in [5.74, 6) is 0.687. The number of nitrogens with two attached hydrogens (primary N) is 1. The van der Waals surface area contributed by atoms with Gasteiger partial charge in [-0.1, -0.05) is 6.07 Å². The molecule has 5 rings (SSSR count). The Hall–Kier alpha value is -3.19. The van der Waals surface area contributed by atoms with E-state index >= 15 is 0 Å². The number of phenols is 1. The Morgan fingerprint density at radius 3 is 2.60 bits per heavy atom. The molecule has 7 heteroatoms. The standard InChI is InChI=1S/C23H26N6O/c1-13-6-7-18(30)14(2)20(13)29-22-17(19-21(24)25-12-26-23(19)29)10-16(15(3)27-22)11-28-8-4-5-9-28/h6-7,10,12,30H,4-5,8-9,11H2,1-3H3,(H2,24,25,26). The van der Waals surface area contributed by atoms with Crippen LogP contribution < -0.4 is 5.73 Å². The Morgan fingerprint density at radius 2 is 1.83 bits per heavy atom. The maximum atomic E-state index is 10.4. The molecule has 1 saturated heterocycles. The molecular weight excluding hydrogens is 376 g/mol. The number of nitrogen functional groups attached to an aromatic ring is 1. The van der Waals surface area contributed by atoms with Crippen molar-refractivity contribution in [2.24, 2.45) is 0 Å². The Kier molecular flexibility index (Phi) is 4.36. The first-order valence-corrected chi connectivity index (χ1v) is 10.4. The van der Waals surface area contributed by atoms with E-state index in [9.17, 15) is 5.11 Å². The highest BCUT2D eigenvalue weighted by Gasteiger charge is 2.22. The monoisotopic (exact) mass is 402 g/mol. The summed E-state index contributed by atoms with van der Waals surface area (Å²) >= 11 is 0. The molecule has 4 aromatic rings. The van der Waals surface area contributed by atoms with Crippen LogP contribution in [0.2, 0.25) is 0 Å². The molecule has 3 aromatic heterocycles. The van der Waals surface area contributed by atoms with E-state index in [1.54, 1.807) is 6.07 Å². The lowest BCUT2D eigenvalue weighted by Crippen LogP contribution is -2.19. The molecule has 4 heterocycles. The van der Waals surface area contributed by atoms with Crippen LogP contribution in [0.4, 0.5) is 5.82 Å². The first-order chi connectivity index (χ1) is 14.5. The minimum absolute atomic E-state index is 0.245. The fourth-order valence-electron chi connectivity index (χ4n) is 4.63. The fraction of sp³-hybridized carbons (Fsp3) is 0.348. The lowest BCUT2D eigenvalue weighted by Gasteiger charge is -2.17. The van der Waals surface area contributed by atoms with E-state index in [4.69, 9.17) is 10.7 Å². The SMILES string of the molecule is Cc1ccc(O)c(C)c1-n1c2nc(C)c(CN3CCCC3)cc2c2c(N)ncnc21. The third-order valence-corrected chi connectivity index (χ3v) is 6.27. The topological polar surface area (TPSA) is 93.1 Å². The van der Waals surface area contributed by atoms with Crippen molar-refractivity contribution in [3.63, 3.8) is 0 Å². The Balaban J connectivity index is 1.84. The van der Waals surface area contributed by atoms with Crippen LogP contribution in [-0.4, -0.2) is 42.6 Å². The van der Waals surface area contributed by atoms with E-state index in [0.717, 1.165) is 58.6 Å². The summed E-state index contributed by atoms with van der Waals surface area (Å²) in [6, 6.07) is 5.83. The molecular formula is C23H26N6O. The quantitative estimate of drug-likeness (QED) is 0.542. The highest BCUT2D eigenvalue weighted by molar-refractivity contribution is 6.11. The van der Waals surface area contributed by atoms with Gasteiger partial charge in [-0.15, -0.1) is 0 Å². The van der Waals surface area contributed by atoms with E-state index in [1.165, 1.54) is 24.7 Å². The number of rotatable bonds is 3. The van der Waals surface area contributed by atoms with Crippen LogP contribution >= 0.6 is 0 Å². The number of likely N-dealkylation sites (tertiary alicyclic amines) is 1. The van der Waals surface area contributed by atoms with E-state index < -0.39 is 0 Å². The summed E-state index contributed by atoms with van der Waals surface area (Å²) in [6.07, 6.45) is 3.99. The number of aryl methyl sites for hydroxylation is 2. The van der Waals surface area contributed by atoms with Gasteiger partial charge in [0.05, 0.1) is 11.1 Å². The summed E-state index contributed by atoms with van der Waals surface area (Å²) < 4.78 is 2.01. The van der Waals surface area contributed by atoms with Gasteiger partial charge in [0.25, 0.3) is 0 Å². The molecule has 3 N–H and O–H groups in total. The van der Waals surface area contributed by atoms with Gasteiger partial charge in [0, 0.05) is 23.2 Å². The van der Waals surface area contributed by atoms with Crippen molar-refractivity contribution in [3.05, 3.63) is 46.9 Å². The summed E-state index contributed by atoms with van der Waals surface area (Å²) in [5, 5.41) is 12.1. The minimum Gasteiger partial charge on any atom is -0.508 e. The Labute approximate surface area is 175 Å². The van der Waals surface area contributed by atoms with Crippen LogP contribution in [0.3, 0.4) is 0 Å². The van der Waals surface area contributed by atoms with Crippen LogP contribution in [0.15, 0.2) is 24.5 Å². The van der Waals surface area contributed by atoms with Crippen molar-refractivity contribution < 1.29 is 5.11 Å². The molecule has 1 aromatic carbocycles. The molecule has 0 amide bonds. The van der Waals surface area contributed by atoms with E-state index in [0.29, 0.717) is 11.5 Å². The number of phenolic OH excluding ortho intramolecular Hbond substituents is 1. The average molecular weight is 403 g/mol. The number of aromatic nitrogens is 4. The lowest BCUT2D eigenvalue weighted by molar-refractivity contribution is 0.330. The van der Waals surface area contributed by atoms with E-state index in [1.807, 2.05) is 24.5 Å². The minimum atomic E-state index is 0.245. The molecule has 1 fully saturated rings. The molecule has 0 aliphatic carbocycles. The first kappa shape index (κ1) is 18.8. The summed E-state index contributed by atoms with van der Waals surface area (Å²) in [7, 11) is 0. The van der Waals surface area contributed by atoms with Gasteiger partial charge in [-0.2, -0.15) is 0 Å². The van der Waals surface area contributed by atoms with Crippen LogP contribution in [0.5, 0.6) is 5.75 Å². The molecule has 30 heavy (non-hydrogen) atoms. The molecule has 0 spiro atoms. The van der Waals surface area contributed by atoms with Crippen LogP contribution in [-0.2, 0) is 6.54 Å². The molecule has 0 radical (unpaired) electrons. The zero-order chi connectivity index (χ0) is 21.0. The summed E-state index contributed by atoms with van der Waals surface area (Å²) in [6.45, 7) is 9.15. The fourth-order valence-corrected chi connectivity index (χ4v) is 4.63. The molecule has 7 nitrogen and oxygen atoms in total. The predicted octanol–water partition coefficient (Wildman–Crippen LogP) is 3.78. The van der Waals surface area contributed by atoms with E-state index in [-0.39, 0.29) is 5.75 Å². The number of fused-ring (bicyclic) bond motifs is 3. The third kappa shape index (κ3) is 2.81. The molecule has 0 unspecified atom stereocenters. The number of benzene rings is 1. The Morgan fingerprint density at radius 1 is 1.07 bits per heavy atom. The predicted molar refractivity (Wildman–Crippen MR) is 119 cm³/mol. The molecule has 1 aliphatic heterocycles. The largest absolute Gasteiger partial charge is 0.508 e. The average Bonchev–Trinajstić information content (AvgIpc) is 3.33. The third-order valence-electron chi connectivity index (χ3n) is 6.27. The van der Waals surface area contributed by atoms with Crippen LogP contribution in [0.25, 0.3) is 27.8 Å². The number of nitrogens with zero attached hydrogens (tertiary/aromatic N) is 5. The van der Waals surface area contributed by atoms with Gasteiger partial charge < -0.3 is 10.8 Å². The molecule has 0 atom stereocenters. The van der Waals surface area contributed by atoms with Crippen molar-refractivity contribution >= 4 is 27.9 Å². The Bertz CT molecular complexity index is 1290. The molecule has 1 aliphatic rings. The summed E-state index contributed by atoms with van der Waals surface area (Å²) in [5.41, 5.74) is 12.7. The second kappa shape index (κ2) is 6.95. The number of anilines is 1. The van der Waals surface area contributed by atoms with Gasteiger partial charge in [0.2, 0.25) is 0 Å². The van der Waals surface area contributed by atoms with Crippen molar-refractivity contribution in [3.8, 4) is 11.4 Å². The van der Waals surface area contributed by atoms with Gasteiger partial charge in [0.15, 0.2) is 5.65 Å². The second-order valence-electron chi connectivity index (χ2n) is 8.26. The van der Waals surface area contributed by atoms with Crippen LogP contribution in [0, 0.1) is 20.8 Å². The number of hydrogen-bond donors (Lipinski definition) is 2. The van der Waals surface area contributed by atoms with Gasteiger partial charge in [-0.05, 0) is 70.0 Å². The number of hydrogen-bond acceptors (Lipinski definition) is 6.